The summed E-state index contributed by atoms with van der Waals surface area (Å²) in [7, 11) is -2.43. The van der Waals surface area contributed by atoms with E-state index in [0.29, 0.717) is 11.6 Å². The van der Waals surface area contributed by atoms with Crippen molar-refractivity contribution in [3.05, 3.63) is 28.3 Å². The lowest BCUT2D eigenvalue weighted by Gasteiger charge is -2.35. The SMILES string of the molecule is CNS(=O)(=O)c1ccc(N2CCC(CCN3CCOCC3)CC2)c([N+](=O)[O-])c1. The highest BCUT2D eigenvalue weighted by Gasteiger charge is 2.27. The van der Waals surface area contributed by atoms with Crippen molar-refractivity contribution < 1.29 is 18.1 Å². The Kier molecular flexibility index (Phi) is 6.86. The number of nitro groups is 1. The van der Waals surface area contributed by atoms with Crippen LogP contribution in [0.1, 0.15) is 19.3 Å². The van der Waals surface area contributed by atoms with Gasteiger partial charge in [0, 0.05) is 32.2 Å². The Morgan fingerprint density at radius 1 is 1.21 bits per heavy atom. The molecular weight excluding hydrogens is 384 g/mol. The fraction of sp³-hybridized carbons (Fsp3) is 0.667. The molecule has 0 radical (unpaired) electrons. The van der Waals surface area contributed by atoms with Crippen LogP contribution in [0.2, 0.25) is 0 Å². The maximum Gasteiger partial charge on any atom is 0.293 e. The van der Waals surface area contributed by atoms with Crippen LogP contribution in [0, 0.1) is 16.0 Å². The highest BCUT2D eigenvalue weighted by Crippen LogP contribution is 2.34. The molecule has 1 aromatic rings. The van der Waals surface area contributed by atoms with Crippen molar-refractivity contribution >= 4 is 21.4 Å². The fourth-order valence-electron chi connectivity index (χ4n) is 3.85. The number of nitrogens with one attached hydrogen (secondary N) is 1. The molecule has 3 rings (SSSR count). The molecule has 0 atom stereocenters. The standard InChI is InChI=1S/C18H28N4O5S/c1-19-28(25,26)16-2-3-17(18(14-16)22(23)24)21-8-5-15(6-9-21)4-7-20-10-12-27-13-11-20/h2-3,14-15,19H,4-13H2,1H3. The Morgan fingerprint density at radius 2 is 1.89 bits per heavy atom. The number of morpholine rings is 1. The molecule has 2 aliphatic rings. The van der Waals surface area contributed by atoms with Gasteiger partial charge in [0.15, 0.2) is 0 Å². The second-order valence-corrected chi connectivity index (χ2v) is 9.17. The first-order chi connectivity index (χ1) is 13.4. The number of sulfonamides is 1. The Hall–Kier alpha value is -1.75. The van der Waals surface area contributed by atoms with Crippen LogP contribution in [-0.4, -0.2) is 71.2 Å². The molecule has 0 aliphatic carbocycles. The fourth-order valence-corrected chi connectivity index (χ4v) is 4.60. The third kappa shape index (κ3) is 4.99. The lowest BCUT2D eigenvalue weighted by Crippen LogP contribution is -2.39. The first-order valence-electron chi connectivity index (χ1n) is 9.68. The Balaban J connectivity index is 1.62. The van der Waals surface area contributed by atoms with E-state index in [4.69, 9.17) is 4.74 Å². The average Bonchev–Trinajstić information content (AvgIpc) is 2.73. The van der Waals surface area contributed by atoms with E-state index in [9.17, 15) is 18.5 Å². The van der Waals surface area contributed by atoms with Gasteiger partial charge in [-0.1, -0.05) is 0 Å². The zero-order valence-electron chi connectivity index (χ0n) is 16.2. The number of hydrogen-bond donors (Lipinski definition) is 1. The van der Waals surface area contributed by atoms with Crippen molar-refractivity contribution in [1.82, 2.24) is 9.62 Å². The van der Waals surface area contributed by atoms with E-state index in [2.05, 4.69) is 9.62 Å². The highest BCUT2D eigenvalue weighted by atomic mass is 32.2. The van der Waals surface area contributed by atoms with Crippen LogP contribution < -0.4 is 9.62 Å². The largest absolute Gasteiger partial charge is 0.379 e. The molecule has 0 spiro atoms. The van der Waals surface area contributed by atoms with Crippen molar-refractivity contribution in [2.75, 3.05) is 57.9 Å². The van der Waals surface area contributed by atoms with Gasteiger partial charge in [-0.05, 0) is 50.9 Å². The van der Waals surface area contributed by atoms with Crippen molar-refractivity contribution in [3.8, 4) is 0 Å². The summed E-state index contributed by atoms with van der Waals surface area (Å²) in [5, 5.41) is 11.5. The molecule has 2 aliphatic heterocycles. The number of ether oxygens (including phenoxy) is 1. The van der Waals surface area contributed by atoms with E-state index in [0.717, 1.165) is 71.3 Å². The van der Waals surface area contributed by atoms with E-state index >= 15 is 0 Å². The van der Waals surface area contributed by atoms with E-state index in [1.807, 2.05) is 4.90 Å². The average molecular weight is 413 g/mol. The molecule has 0 amide bonds. The van der Waals surface area contributed by atoms with Crippen molar-refractivity contribution in [1.29, 1.82) is 0 Å². The van der Waals surface area contributed by atoms with E-state index in [1.165, 1.54) is 13.1 Å². The van der Waals surface area contributed by atoms with Gasteiger partial charge in [-0.25, -0.2) is 13.1 Å². The minimum atomic E-state index is -3.72. The second kappa shape index (κ2) is 9.17. The number of nitro benzene ring substituents is 1. The molecule has 0 unspecified atom stereocenters. The van der Waals surface area contributed by atoms with E-state index < -0.39 is 14.9 Å². The first-order valence-corrected chi connectivity index (χ1v) is 11.2. The van der Waals surface area contributed by atoms with Gasteiger partial charge in [0.25, 0.3) is 5.69 Å². The smallest absolute Gasteiger partial charge is 0.293 e. The topological polar surface area (TPSA) is 105 Å². The third-order valence-corrected chi connectivity index (χ3v) is 7.05. The summed E-state index contributed by atoms with van der Waals surface area (Å²) in [6.45, 7) is 6.16. The molecule has 2 fully saturated rings. The number of benzene rings is 1. The maximum absolute atomic E-state index is 11.9. The summed E-state index contributed by atoms with van der Waals surface area (Å²) in [6.07, 6.45) is 3.10. The summed E-state index contributed by atoms with van der Waals surface area (Å²) in [6, 6.07) is 4.13. The van der Waals surface area contributed by atoms with Crippen LogP contribution in [0.3, 0.4) is 0 Å². The molecule has 156 valence electrons. The molecule has 1 aromatic carbocycles. The van der Waals surface area contributed by atoms with Gasteiger partial charge >= 0.3 is 0 Å². The minimum Gasteiger partial charge on any atom is -0.379 e. The molecule has 2 heterocycles. The van der Waals surface area contributed by atoms with Crippen LogP contribution in [0.15, 0.2) is 23.1 Å². The lowest BCUT2D eigenvalue weighted by molar-refractivity contribution is -0.384. The van der Waals surface area contributed by atoms with E-state index in [1.54, 1.807) is 6.07 Å². The normalized spacial score (nSPS) is 19.7. The van der Waals surface area contributed by atoms with Crippen LogP contribution >= 0.6 is 0 Å². The molecule has 9 nitrogen and oxygen atoms in total. The predicted octanol–water partition coefficient (Wildman–Crippen LogP) is 1.44. The highest BCUT2D eigenvalue weighted by molar-refractivity contribution is 7.89. The van der Waals surface area contributed by atoms with Gasteiger partial charge in [0.05, 0.1) is 23.0 Å². The quantitative estimate of drug-likeness (QED) is 0.534. The van der Waals surface area contributed by atoms with Crippen LogP contribution in [-0.2, 0) is 14.8 Å². The molecule has 0 aromatic heterocycles. The minimum absolute atomic E-state index is 0.0918. The van der Waals surface area contributed by atoms with Gasteiger partial charge in [0.2, 0.25) is 10.0 Å². The predicted molar refractivity (Wildman–Crippen MR) is 106 cm³/mol. The number of rotatable bonds is 7. The van der Waals surface area contributed by atoms with Gasteiger partial charge < -0.3 is 9.64 Å². The zero-order chi connectivity index (χ0) is 20.1. The van der Waals surface area contributed by atoms with Crippen molar-refractivity contribution in [2.24, 2.45) is 5.92 Å². The summed E-state index contributed by atoms with van der Waals surface area (Å²) in [5.41, 5.74) is 0.328. The summed E-state index contributed by atoms with van der Waals surface area (Å²) in [4.78, 5) is 15.4. The van der Waals surface area contributed by atoms with Gasteiger partial charge in [-0.15, -0.1) is 0 Å². The third-order valence-electron chi connectivity index (χ3n) is 5.64. The summed E-state index contributed by atoms with van der Waals surface area (Å²) in [5.74, 6) is 0.613. The van der Waals surface area contributed by atoms with Crippen molar-refractivity contribution in [2.45, 2.75) is 24.2 Å². The molecule has 1 N–H and O–H groups in total. The number of nitrogens with zero attached hydrogens (tertiary/aromatic N) is 3. The first kappa shape index (κ1) is 21.0. The van der Waals surface area contributed by atoms with Crippen LogP contribution in [0.25, 0.3) is 0 Å². The summed E-state index contributed by atoms with van der Waals surface area (Å²) >= 11 is 0. The second-order valence-electron chi connectivity index (χ2n) is 7.29. The Morgan fingerprint density at radius 3 is 2.50 bits per heavy atom. The number of piperidine rings is 1. The summed E-state index contributed by atoms with van der Waals surface area (Å²) < 4.78 is 31.5. The lowest BCUT2D eigenvalue weighted by atomic mass is 9.93. The molecular formula is C18H28N4O5S. The molecule has 0 bridgehead atoms. The van der Waals surface area contributed by atoms with Gasteiger partial charge in [-0.3, -0.25) is 15.0 Å². The van der Waals surface area contributed by atoms with E-state index in [-0.39, 0.29) is 10.6 Å². The Bertz CT molecular complexity index is 787. The molecule has 2 saturated heterocycles. The van der Waals surface area contributed by atoms with Crippen LogP contribution in [0.4, 0.5) is 11.4 Å². The molecule has 10 heteroatoms. The van der Waals surface area contributed by atoms with Gasteiger partial charge in [-0.2, -0.15) is 0 Å². The Labute approximate surface area is 165 Å². The maximum atomic E-state index is 11.9. The molecule has 28 heavy (non-hydrogen) atoms. The zero-order valence-corrected chi connectivity index (χ0v) is 17.0. The molecule has 0 saturated carbocycles. The number of anilines is 1. The van der Waals surface area contributed by atoms with Crippen LogP contribution in [0.5, 0.6) is 0 Å². The monoisotopic (exact) mass is 412 g/mol. The number of hydrogen-bond acceptors (Lipinski definition) is 7. The van der Waals surface area contributed by atoms with Crippen molar-refractivity contribution in [3.63, 3.8) is 0 Å². The van der Waals surface area contributed by atoms with Gasteiger partial charge in [0.1, 0.15) is 5.69 Å².